The van der Waals surface area contributed by atoms with Gasteiger partial charge in [0, 0.05) is 11.9 Å². The van der Waals surface area contributed by atoms with Gasteiger partial charge in [0.1, 0.15) is 6.10 Å². The van der Waals surface area contributed by atoms with E-state index in [1.165, 1.54) is 5.38 Å². The first-order chi connectivity index (χ1) is 7.88. The Morgan fingerprint density at radius 3 is 2.82 bits per heavy atom. The lowest BCUT2D eigenvalue weighted by Gasteiger charge is -2.06. The highest BCUT2D eigenvalue weighted by Crippen LogP contribution is 2.34. The van der Waals surface area contributed by atoms with Crippen LogP contribution in [0.2, 0.25) is 0 Å². The summed E-state index contributed by atoms with van der Waals surface area (Å²) < 4.78 is 41.9. The van der Waals surface area contributed by atoms with Gasteiger partial charge in [-0.25, -0.2) is 9.78 Å². The predicted octanol–water partition coefficient (Wildman–Crippen LogP) is 1.23. The Morgan fingerprint density at radius 2 is 2.35 bits per heavy atom. The average molecular weight is 268 g/mol. The molecule has 0 aromatic carbocycles. The van der Waals surface area contributed by atoms with Gasteiger partial charge in [-0.3, -0.25) is 5.32 Å². The van der Waals surface area contributed by atoms with Crippen LogP contribution in [0.15, 0.2) is 5.38 Å². The first kappa shape index (κ1) is 12.3. The lowest BCUT2D eigenvalue weighted by molar-refractivity contribution is -0.151. The molecule has 9 heteroatoms. The van der Waals surface area contributed by atoms with Gasteiger partial charge in [-0.15, -0.1) is 11.3 Å². The summed E-state index contributed by atoms with van der Waals surface area (Å²) in [5, 5.41) is 11.4. The molecule has 94 valence electrons. The van der Waals surface area contributed by atoms with Crippen LogP contribution in [-0.4, -0.2) is 28.8 Å². The van der Waals surface area contributed by atoms with Crippen LogP contribution in [-0.2, 0) is 15.7 Å². The molecule has 5 nitrogen and oxygen atoms in total. The van der Waals surface area contributed by atoms with E-state index in [0.29, 0.717) is 11.3 Å². The second-order valence-electron chi connectivity index (χ2n) is 3.33. The van der Waals surface area contributed by atoms with Gasteiger partial charge in [-0.1, -0.05) is 0 Å². The van der Waals surface area contributed by atoms with Crippen LogP contribution >= 0.6 is 11.3 Å². The summed E-state index contributed by atoms with van der Waals surface area (Å²) in [7, 11) is 0. The highest BCUT2D eigenvalue weighted by molar-refractivity contribution is 7.09. The molecule has 0 bridgehead atoms. The van der Waals surface area contributed by atoms with E-state index in [4.69, 9.17) is 9.84 Å². The van der Waals surface area contributed by atoms with Gasteiger partial charge in [-0.2, -0.15) is 13.2 Å². The molecule has 17 heavy (non-hydrogen) atoms. The molecule has 0 spiro atoms. The van der Waals surface area contributed by atoms with E-state index in [-0.39, 0.29) is 12.2 Å². The number of thiazole rings is 1. The van der Waals surface area contributed by atoms with Gasteiger partial charge in [0.05, 0.1) is 5.69 Å². The summed E-state index contributed by atoms with van der Waals surface area (Å²) in [6.45, 7) is 0.123. The van der Waals surface area contributed by atoms with Crippen LogP contribution < -0.4 is 5.32 Å². The molecule has 2 heterocycles. The Labute approximate surface area is 97.2 Å². The molecule has 2 atom stereocenters. The Morgan fingerprint density at radius 1 is 1.65 bits per heavy atom. The molecule has 2 unspecified atom stereocenters. The highest BCUT2D eigenvalue weighted by Gasteiger charge is 2.37. The number of alkyl halides is 3. The molecule has 1 aliphatic heterocycles. The number of carboxylic acids is 1. The highest BCUT2D eigenvalue weighted by atomic mass is 32.1. The number of carbonyl (C=O) groups is 1. The number of halogens is 3. The molecule has 1 aliphatic rings. The SMILES string of the molecule is O=C(O)C1NCC(c2csc(C(F)(F)F)n2)O1. The minimum absolute atomic E-state index is 0.0959. The van der Waals surface area contributed by atoms with E-state index in [1.807, 2.05) is 0 Å². The smallest absolute Gasteiger partial charge is 0.443 e. The van der Waals surface area contributed by atoms with E-state index in [9.17, 15) is 18.0 Å². The fourth-order valence-electron chi connectivity index (χ4n) is 1.36. The Kier molecular flexibility index (Phi) is 3.06. The molecular formula is C8H7F3N2O3S. The zero-order valence-corrected chi connectivity index (χ0v) is 9.01. The lowest BCUT2D eigenvalue weighted by Crippen LogP contribution is -2.31. The fourth-order valence-corrected chi connectivity index (χ4v) is 2.09. The number of rotatable bonds is 2. The minimum Gasteiger partial charge on any atom is -0.478 e. The fraction of sp³-hybridized carbons (Fsp3) is 0.500. The van der Waals surface area contributed by atoms with E-state index < -0.39 is 29.5 Å². The monoisotopic (exact) mass is 268 g/mol. The molecule has 1 aromatic heterocycles. The molecule has 1 saturated heterocycles. The first-order valence-electron chi connectivity index (χ1n) is 4.52. The van der Waals surface area contributed by atoms with Crippen LogP contribution in [0.5, 0.6) is 0 Å². The van der Waals surface area contributed by atoms with Crippen LogP contribution in [0, 0.1) is 0 Å². The van der Waals surface area contributed by atoms with Gasteiger partial charge in [-0.05, 0) is 0 Å². The number of ether oxygens (including phenoxy) is 1. The second-order valence-corrected chi connectivity index (χ2v) is 4.18. The number of nitrogens with one attached hydrogen (secondary N) is 1. The van der Waals surface area contributed by atoms with Gasteiger partial charge in [0.25, 0.3) is 0 Å². The zero-order chi connectivity index (χ0) is 12.6. The van der Waals surface area contributed by atoms with Gasteiger partial charge >= 0.3 is 12.1 Å². The lowest BCUT2D eigenvalue weighted by atomic mass is 10.3. The average Bonchev–Trinajstić information content (AvgIpc) is 2.85. The molecule has 0 radical (unpaired) electrons. The predicted molar refractivity (Wildman–Crippen MR) is 50.4 cm³/mol. The molecule has 0 saturated carbocycles. The first-order valence-corrected chi connectivity index (χ1v) is 5.40. The number of nitrogens with zero attached hydrogens (tertiary/aromatic N) is 1. The Balaban J connectivity index is 2.10. The van der Waals surface area contributed by atoms with Crippen molar-refractivity contribution in [1.82, 2.24) is 10.3 Å². The number of hydrogen-bond acceptors (Lipinski definition) is 5. The van der Waals surface area contributed by atoms with Crippen molar-refractivity contribution in [2.45, 2.75) is 18.5 Å². The molecule has 2 N–H and O–H groups in total. The quantitative estimate of drug-likeness (QED) is 0.844. The standard InChI is InChI=1S/C8H7F3N2O3S/c9-8(10,11)7-13-3(2-17-7)4-1-12-5(16-4)6(14)15/h2,4-5,12H,1H2,(H,14,15). The van der Waals surface area contributed by atoms with Crippen molar-refractivity contribution in [2.24, 2.45) is 0 Å². The van der Waals surface area contributed by atoms with E-state index in [1.54, 1.807) is 0 Å². The van der Waals surface area contributed by atoms with E-state index in [2.05, 4.69) is 10.3 Å². The maximum absolute atomic E-state index is 12.3. The third-order valence-corrected chi connectivity index (χ3v) is 3.01. The molecule has 0 amide bonds. The molecule has 1 aromatic rings. The van der Waals surface area contributed by atoms with Gasteiger partial charge in [0.2, 0.25) is 6.23 Å². The number of aromatic nitrogens is 1. The minimum atomic E-state index is -4.48. The van der Waals surface area contributed by atoms with Crippen LogP contribution in [0.1, 0.15) is 16.8 Å². The van der Waals surface area contributed by atoms with E-state index >= 15 is 0 Å². The third kappa shape index (κ3) is 2.56. The third-order valence-electron chi connectivity index (χ3n) is 2.11. The number of carboxylic acid groups (broad SMARTS) is 1. The number of aliphatic carboxylic acids is 1. The van der Waals surface area contributed by atoms with Crippen molar-refractivity contribution < 1.29 is 27.8 Å². The van der Waals surface area contributed by atoms with Crippen molar-refractivity contribution >= 4 is 17.3 Å². The summed E-state index contributed by atoms with van der Waals surface area (Å²) >= 11 is 0.462. The summed E-state index contributed by atoms with van der Waals surface area (Å²) in [6.07, 6.45) is -6.44. The van der Waals surface area contributed by atoms with Crippen molar-refractivity contribution in [3.63, 3.8) is 0 Å². The zero-order valence-electron chi connectivity index (χ0n) is 8.19. The molecule has 2 rings (SSSR count). The molecule has 1 fully saturated rings. The van der Waals surface area contributed by atoms with Gasteiger partial charge < -0.3 is 9.84 Å². The van der Waals surface area contributed by atoms with Crippen molar-refractivity contribution in [3.8, 4) is 0 Å². The summed E-state index contributed by atoms with van der Waals surface area (Å²) in [5.74, 6) is -1.21. The van der Waals surface area contributed by atoms with Crippen molar-refractivity contribution in [2.75, 3.05) is 6.54 Å². The van der Waals surface area contributed by atoms with Crippen LogP contribution in [0.4, 0.5) is 13.2 Å². The largest absolute Gasteiger partial charge is 0.478 e. The topological polar surface area (TPSA) is 71.5 Å². The summed E-state index contributed by atoms with van der Waals surface area (Å²) in [4.78, 5) is 14.0. The maximum atomic E-state index is 12.3. The second kappa shape index (κ2) is 4.24. The molecular weight excluding hydrogens is 261 g/mol. The Hall–Kier alpha value is -1.19. The van der Waals surface area contributed by atoms with Crippen LogP contribution in [0.25, 0.3) is 0 Å². The molecule has 0 aliphatic carbocycles. The van der Waals surface area contributed by atoms with Crippen LogP contribution in [0.3, 0.4) is 0 Å². The van der Waals surface area contributed by atoms with Crippen molar-refractivity contribution in [1.29, 1.82) is 0 Å². The normalized spacial score (nSPS) is 25.1. The maximum Gasteiger partial charge on any atom is 0.443 e. The van der Waals surface area contributed by atoms with E-state index in [0.717, 1.165) is 0 Å². The summed E-state index contributed by atoms with van der Waals surface area (Å²) in [5.41, 5.74) is 0.0959. The van der Waals surface area contributed by atoms with Gasteiger partial charge in [0.15, 0.2) is 5.01 Å². The summed E-state index contributed by atoms with van der Waals surface area (Å²) in [6, 6.07) is 0. The Bertz CT molecular complexity index is 434. The number of hydrogen-bond donors (Lipinski definition) is 2. The van der Waals surface area contributed by atoms with Crippen molar-refractivity contribution in [3.05, 3.63) is 16.1 Å².